The minimum Gasteiger partial charge on any atom is -0.491 e. The van der Waals surface area contributed by atoms with Gasteiger partial charge in [0.1, 0.15) is 18.5 Å². The Balaban J connectivity index is 2.43. The van der Waals surface area contributed by atoms with E-state index in [0.717, 1.165) is 13.0 Å². The standard InChI is InChI=1S/C16H28N2O3/c1-4-13(2)18(8-9-20-3)11-15(19)12-21-16-7-5-6-14(17)10-16/h5-7,10,13,15,19H,4,8-9,11-12,17H2,1-3H3. The van der Waals surface area contributed by atoms with E-state index in [0.29, 0.717) is 30.6 Å². The third kappa shape index (κ3) is 6.80. The quantitative estimate of drug-likeness (QED) is 0.644. The Hall–Kier alpha value is -1.30. The highest BCUT2D eigenvalue weighted by Crippen LogP contribution is 2.15. The maximum Gasteiger partial charge on any atom is 0.121 e. The Morgan fingerprint density at radius 2 is 2.14 bits per heavy atom. The minimum atomic E-state index is -0.544. The number of aliphatic hydroxyl groups is 1. The van der Waals surface area contributed by atoms with Crippen molar-refractivity contribution in [2.75, 3.05) is 39.1 Å². The number of benzene rings is 1. The van der Waals surface area contributed by atoms with E-state index in [4.69, 9.17) is 15.2 Å². The Labute approximate surface area is 127 Å². The van der Waals surface area contributed by atoms with Gasteiger partial charge >= 0.3 is 0 Å². The largest absolute Gasteiger partial charge is 0.491 e. The van der Waals surface area contributed by atoms with Crippen molar-refractivity contribution in [2.45, 2.75) is 32.4 Å². The number of nitrogen functional groups attached to an aromatic ring is 1. The van der Waals surface area contributed by atoms with Crippen LogP contribution in [0.25, 0.3) is 0 Å². The van der Waals surface area contributed by atoms with Gasteiger partial charge in [-0.25, -0.2) is 0 Å². The second-order valence-electron chi connectivity index (χ2n) is 5.28. The second kappa shape index (κ2) is 9.60. The van der Waals surface area contributed by atoms with Gasteiger partial charge in [-0.05, 0) is 25.5 Å². The first-order valence-electron chi connectivity index (χ1n) is 7.46. The van der Waals surface area contributed by atoms with Crippen molar-refractivity contribution in [2.24, 2.45) is 0 Å². The van der Waals surface area contributed by atoms with Gasteiger partial charge in [0.05, 0.1) is 6.61 Å². The number of hydrogen-bond donors (Lipinski definition) is 2. The molecule has 0 spiro atoms. The van der Waals surface area contributed by atoms with Gasteiger partial charge < -0.3 is 20.3 Å². The van der Waals surface area contributed by atoms with Crippen LogP contribution in [0, 0.1) is 0 Å². The fourth-order valence-corrected chi connectivity index (χ4v) is 2.08. The molecule has 0 heterocycles. The van der Waals surface area contributed by atoms with Gasteiger partial charge in [-0.2, -0.15) is 0 Å². The predicted octanol–water partition coefficient (Wildman–Crippen LogP) is 1.76. The van der Waals surface area contributed by atoms with Crippen LogP contribution >= 0.6 is 0 Å². The smallest absolute Gasteiger partial charge is 0.121 e. The molecule has 0 saturated heterocycles. The fourth-order valence-electron chi connectivity index (χ4n) is 2.08. The Kier molecular flexibility index (Phi) is 8.12. The highest BCUT2D eigenvalue weighted by molar-refractivity contribution is 5.43. The van der Waals surface area contributed by atoms with E-state index < -0.39 is 6.10 Å². The molecule has 1 aromatic carbocycles. The summed E-state index contributed by atoms with van der Waals surface area (Å²) >= 11 is 0. The maximum atomic E-state index is 10.2. The van der Waals surface area contributed by atoms with Gasteiger partial charge in [-0.3, -0.25) is 4.90 Å². The minimum absolute atomic E-state index is 0.253. The van der Waals surface area contributed by atoms with Gasteiger partial charge in [0.25, 0.3) is 0 Å². The molecule has 5 heteroatoms. The lowest BCUT2D eigenvalue weighted by molar-refractivity contribution is 0.0416. The van der Waals surface area contributed by atoms with E-state index in [2.05, 4.69) is 18.7 Å². The van der Waals surface area contributed by atoms with Gasteiger partial charge in [-0.15, -0.1) is 0 Å². The Morgan fingerprint density at radius 3 is 2.76 bits per heavy atom. The summed E-state index contributed by atoms with van der Waals surface area (Å²) in [6.45, 7) is 6.58. The number of nitrogens with two attached hydrogens (primary N) is 1. The van der Waals surface area contributed by atoms with E-state index in [9.17, 15) is 5.11 Å². The summed E-state index contributed by atoms with van der Waals surface area (Å²) in [6, 6.07) is 7.63. The van der Waals surface area contributed by atoms with Crippen molar-refractivity contribution in [3.63, 3.8) is 0 Å². The summed E-state index contributed by atoms with van der Waals surface area (Å²) in [5.74, 6) is 0.682. The highest BCUT2D eigenvalue weighted by Gasteiger charge is 2.16. The Morgan fingerprint density at radius 1 is 1.38 bits per heavy atom. The van der Waals surface area contributed by atoms with E-state index >= 15 is 0 Å². The van der Waals surface area contributed by atoms with Gasteiger partial charge in [0, 0.05) is 38.0 Å². The number of ether oxygens (including phenoxy) is 2. The van der Waals surface area contributed by atoms with Gasteiger partial charge in [0.15, 0.2) is 0 Å². The molecule has 0 aliphatic rings. The third-order valence-corrected chi connectivity index (χ3v) is 3.54. The SMILES string of the molecule is CCC(C)N(CCOC)CC(O)COc1cccc(N)c1. The van der Waals surface area contributed by atoms with Crippen molar-refractivity contribution in [1.82, 2.24) is 4.90 Å². The molecule has 2 unspecified atom stereocenters. The molecular weight excluding hydrogens is 268 g/mol. The maximum absolute atomic E-state index is 10.2. The topological polar surface area (TPSA) is 68.0 Å². The van der Waals surface area contributed by atoms with Crippen LogP contribution in [0.5, 0.6) is 5.75 Å². The zero-order valence-corrected chi connectivity index (χ0v) is 13.3. The highest BCUT2D eigenvalue weighted by atomic mass is 16.5. The molecular formula is C16H28N2O3. The molecule has 0 radical (unpaired) electrons. The summed E-state index contributed by atoms with van der Waals surface area (Å²) in [6.07, 6.45) is 0.490. The first kappa shape index (κ1) is 17.8. The molecule has 0 aliphatic carbocycles. The molecule has 0 aromatic heterocycles. The molecule has 0 amide bonds. The van der Waals surface area contributed by atoms with Crippen LogP contribution in [0.4, 0.5) is 5.69 Å². The van der Waals surface area contributed by atoms with E-state index in [1.807, 2.05) is 12.1 Å². The second-order valence-corrected chi connectivity index (χ2v) is 5.28. The summed E-state index contributed by atoms with van der Waals surface area (Å²) in [7, 11) is 1.69. The van der Waals surface area contributed by atoms with Crippen molar-refractivity contribution < 1.29 is 14.6 Å². The normalized spacial score (nSPS) is 14.1. The van der Waals surface area contributed by atoms with Crippen molar-refractivity contribution >= 4 is 5.69 Å². The van der Waals surface area contributed by atoms with Crippen molar-refractivity contribution in [3.05, 3.63) is 24.3 Å². The molecule has 5 nitrogen and oxygen atoms in total. The lowest BCUT2D eigenvalue weighted by Gasteiger charge is -2.30. The zero-order valence-electron chi connectivity index (χ0n) is 13.3. The van der Waals surface area contributed by atoms with E-state index in [-0.39, 0.29) is 6.61 Å². The lowest BCUT2D eigenvalue weighted by Crippen LogP contribution is -2.42. The molecule has 0 fully saturated rings. The predicted molar refractivity (Wildman–Crippen MR) is 85.6 cm³/mol. The van der Waals surface area contributed by atoms with Crippen LogP contribution in [0.15, 0.2) is 24.3 Å². The van der Waals surface area contributed by atoms with Crippen LogP contribution in [0.3, 0.4) is 0 Å². The average molecular weight is 296 g/mol. The molecule has 3 N–H and O–H groups in total. The summed E-state index contributed by atoms with van der Waals surface area (Å²) in [5.41, 5.74) is 6.35. The number of methoxy groups -OCH3 is 1. The summed E-state index contributed by atoms with van der Waals surface area (Å²) in [4.78, 5) is 2.22. The fraction of sp³-hybridized carbons (Fsp3) is 0.625. The van der Waals surface area contributed by atoms with Crippen LogP contribution in [0.2, 0.25) is 0 Å². The van der Waals surface area contributed by atoms with Crippen molar-refractivity contribution in [3.8, 4) is 5.75 Å². The molecule has 1 rings (SSSR count). The number of nitrogens with zero attached hydrogens (tertiary/aromatic N) is 1. The van der Waals surface area contributed by atoms with Gasteiger partial charge in [0.2, 0.25) is 0 Å². The first-order chi connectivity index (χ1) is 10.1. The van der Waals surface area contributed by atoms with E-state index in [1.54, 1.807) is 19.2 Å². The Bertz CT molecular complexity index is 401. The zero-order chi connectivity index (χ0) is 15.7. The molecule has 0 saturated carbocycles. The molecule has 21 heavy (non-hydrogen) atoms. The number of aliphatic hydroxyl groups excluding tert-OH is 1. The van der Waals surface area contributed by atoms with Crippen LogP contribution < -0.4 is 10.5 Å². The van der Waals surface area contributed by atoms with Crippen LogP contribution in [-0.4, -0.2) is 55.6 Å². The van der Waals surface area contributed by atoms with Crippen LogP contribution in [-0.2, 0) is 4.74 Å². The third-order valence-electron chi connectivity index (χ3n) is 3.54. The summed E-state index contributed by atoms with van der Waals surface area (Å²) in [5, 5.41) is 10.2. The molecule has 120 valence electrons. The molecule has 1 aromatic rings. The monoisotopic (exact) mass is 296 g/mol. The van der Waals surface area contributed by atoms with Crippen molar-refractivity contribution in [1.29, 1.82) is 0 Å². The summed E-state index contributed by atoms with van der Waals surface area (Å²) < 4.78 is 10.7. The number of rotatable bonds is 10. The average Bonchev–Trinajstić information content (AvgIpc) is 2.48. The van der Waals surface area contributed by atoms with Crippen LogP contribution in [0.1, 0.15) is 20.3 Å². The first-order valence-corrected chi connectivity index (χ1v) is 7.46. The molecule has 2 atom stereocenters. The number of anilines is 1. The lowest BCUT2D eigenvalue weighted by atomic mass is 10.2. The van der Waals surface area contributed by atoms with E-state index in [1.165, 1.54) is 0 Å². The number of hydrogen-bond acceptors (Lipinski definition) is 5. The van der Waals surface area contributed by atoms with Gasteiger partial charge in [-0.1, -0.05) is 13.0 Å². The molecule has 0 aliphatic heterocycles. The molecule has 0 bridgehead atoms.